The Morgan fingerprint density at radius 3 is 2.81 bits per heavy atom. The van der Waals surface area contributed by atoms with Gasteiger partial charge in [0, 0.05) is 18.1 Å². The summed E-state index contributed by atoms with van der Waals surface area (Å²) in [5.74, 6) is 0. The minimum absolute atomic E-state index is 0.0600. The highest BCUT2D eigenvalue weighted by molar-refractivity contribution is 5.91. The molecule has 2 heterocycles. The Balaban J connectivity index is 2.00. The smallest absolute Gasteiger partial charge is 0.216 e. The van der Waals surface area contributed by atoms with Crippen LogP contribution in [0.1, 0.15) is 18.5 Å². The van der Waals surface area contributed by atoms with E-state index in [1.54, 1.807) is 0 Å². The lowest BCUT2D eigenvalue weighted by Gasteiger charge is -2.27. The van der Waals surface area contributed by atoms with Crippen molar-refractivity contribution >= 4 is 11.9 Å². The fourth-order valence-corrected chi connectivity index (χ4v) is 2.26. The van der Waals surface area contributed by atoms with Crippen LogP contribution in [-0.4, -0.2) is 23.1 Å². The molecule has 2 aliphatic heterocycles. The van der Waals surface area contributed by atoms with Crippen molar-refractivity contribution in [2.75, 3.05) is 0 Å². The molecule has 3 rings (SSSR count). The Kier molecular flexibility index (Phi) is 2.10. The molecule has 2 aliphatic rings. The average Bonchev–Trinajstić information content (AvgIpc) is 2.66. The minimum Gasteiger partial charge on any atom is -0.326 e. The summed E-state index contributed by atoms with van der Waals surface area (Å²) >= 11 is 0. The van der Waals surface area contributed by atoms with Crippen LogP contribution in [0.2, 0.25) is 0 Å². The number of rotatable bonds is 1. The zero-order valence-electron chi connectivity index (χ0n) is 9.12. The van der Waals surface area contributed by atoms with E-state index in [-0.39, 0.29) is 12.3 Å². The maximum Gasteiger partial charge on any atom is 0.216 e. The second-order valence-electron chi connectivity index (χ2n) is 4.02. The van der Waals surface area contributed by atoms with E-state index in [9.17, 15) is 0 Å². The molecular weight excluding hydrogens is 198 g/mol. The van der Waals surface area contributed by atoms with E-state index in [1.165, 1.54) is 5.56 Å². The van der Waals surface area contributed by atoms with Crippen molar-refractivity contribution in [2.24, 2.45) is 9.98 Å². The minimum atomic E-state index is -0.0600. The van der Waals surface area contributed by atoms with Crippen LogP contribution in [0.3, 0.4) is 0 Å². The van der Waals surface area contributed by atoms with Crippen LogP contribution < -0.4 is 0 Å². The SMILES string of the molecule is CC1=NC2N=CC=CN2C1c1ccccc1. The lowest BCUT2D eigenvalue weighted by atomic mass is 10.0. The molecule has 0 spiro atoms. The van der Waals surface area contributed by atoms with Gasteiger partial charge in [0.25, 0.3) is 0 Å². The van der Waals surface area contributed by atoms with Gasteiger partial charge in [-0.3, -0.25) is 0 Å². The summed E-state index contributed by atoms with van der Waals surface area (Å²) in [5.41, 5.74) is 2.40. The molecule has 2 unspecified atom stereocenters. The van der Waals surface area contributed by atoms with Gasteiger partial charge in [0.2, 0.25) is 6.29 Å². The van der Waals surface area contributed by atoms with E-state index in [0.29, 0.717) is 0 Å². The van der Waals surface area contributed by atoms with E-state index in [2.05, 4.69) is 52.3 Å². The van der Waals surface area contributed by atoms with Gasteiger partial charge in [-0.15, -0.1) is 0 Å². The zero-order chi connectivity index (χ0) is 11.0. The Morgan fingerprint density at radius 1 is 1.19 bits per heavy atom. The topological polar surface area (TPSA) is 28.0 Å². The highest BCUT2D eigenvalue weighted by Gasteiger charge is 2.33. The quantitative estimate of drug-likeness (QED) is 0.701. The Bertz CT molecular complexity index is 473. The van der Waals surface area contributed by atoms with Crippen LogP contribution in [0.15, 0.2) is 52.6 Å². The number of nitrogens with zero attached hydrogens (tertiary/aromatic N) is 3. The molecule has 0 aliphatic carbocycles. The van der Waals surface area contributed by atoms with Crippen LogP contribution in [0, 0.1) is 0 Å². The molecular formula is C13H13N3. The average molecular weight is 211 g/mol. The lowest BCUT2D eigenvalue weighted by Crippen LogP contribution is -2.29. The molecule has 0 N–H and O–H groups in total. The van der Waals surface area contributed by atoms with Gasteiger partial charge in [-0.2, -0.15) is 0 Å². The molecule has 0 bridgehead atoms. The van der Waals surface area contributed by atoms with Crippen molar-refractivity contribution in [3.8, 4) is 0 Å². The van der Waals surface area contributed by atoms with E-state index < -0.39 is 0 Å². The van der Waals surface area contributed by atoms with Crippen molar-refractivity contribution in [2.45, 2.75) is 19.3 Å². The molecule has 0 amide bonds. The monoisotopic (exact) mass is 211 g/mol. The second kappa shape index (κ2) is 3.59. The molecule has 3 nitrogen and oxygen atoms in total. The van der Waals surface area contributed by atoms with Gasteiger partial charge in [-0.1, -0.05) is 30.3 Å². The third-order valence-corrected chi connectivity index (χ3v) is 2.96. The molecule has 16 heavy (non-hydrogen) atoms. The zero-order valence-corrected chi connectivity index (χ0v) is 9.12. The maximum absolute atomic E-state index is 4.56. The maximum atomic E-state index is 4.56. The summed E-state index contributed by atoms with van der Waals surface area (Å²) in [6.07, 6.45) is 5.77. The Morgan fingerprint density at radius 2 is 2.00 bits per heavy atom. The van der Waals surface area contributed by atoms with Gasteiger partial charge in [0.15, 0.2) is 0 Å². The van der Waals surface area contributed by atoms with Gasteiger partial charge < -0.3 is 4.90 Å². The van der Waals surface area contributed by atoms with Crippen molar-refractivity contribution in [3.63, 3.8) is 0 Å². The molecule has 80 valence electrons. The predicted octanol–water partition coefficient (Wildman–Crippen LogP) is 2.39. The van der Waals surface area contributed by atoms with Crippen molar-refractivity contribution in [1.82, 2.24) is 4.90 Å². The standard InChI is InChI=1S/C13H13N3/c1-10-12(11-6-3-2-4-7-11)16-9-5-8-14-13(16)15-10/h2-9,12-13H,1H3. The van der Waals surface area contributed by atoms with Crippen molar-refractivity contribution in [3.05, 3.63) is 48.2 Å². The Labute approximate surface area is 94.8 Å². The first-order valence-corrected chi connectivity index (χ1v) is 5.43. The number of aliphatic imine (C=N–C) groups is 2. The van der Waals surface area contributed by atoms with E-state index in [1.807, 2.05) is 18.4 Å². The van der Waals surface area contributed by atoms with Crippen LogP contribution in [0.25, 0.3) is 0 Å². The van der Waals surface area contributed by atoms with Crippen molar-refractivity contribution in [1.29, 1.82) is 0 Å². The number of hydrogen-bond donors (Lipinski definition) is 0. The Hall–Kier alpha value is -1.90. The first-order chi connectivity index (χ1) is 7.86. The summed E-state index contributed by atoms with van der Waals surface area (Å²) in [6, 6.07) is 10.7. The van der Waals surface area contributed by atoms with Crippen LogP contribution >= 0.6 is 0 Å². The van der Waals surface area contributed by atoms with Crippen LogP contribution in [0.5, 0.6) is 0 Å². The molecule has 0 saturated heterocycles. The largest absolute Gasteiger partial charge is 0.326 e. The normalized spacial score (nSPS) is 26.8. The molecule has 1 aromatic carbocycles. The molecule has 0 aromatic heterocycles. The first-order valence-electron chi connectivity index (χ1n) is 5.43. The molecule has 2 atom stereocenters. The molecule has 0 saturated carbocycles. The number of hydrogen-bond acceptors (Lipinski definition) is 3. The number of fused-ring (bicyclic) bond motifs is 1. The van der Waals surface area contributed by atoms with Gasteiger partial charge in [0.1, 0.15) is 0 Å². The van der Waals surface area contributed by atoms with Gasteiger partial charge in [-0.25, -0.2) is 9.98 Å². The summed E-state index contributed by atoms with van der Waals surface area (Å²) in [7, 11) is 0. The van der Waals surface area contributed by atoms with E-state index in [0.717, 1.165) is 5.71 Å². The van der Waals surface area contributed by atoms with E-state index in [4.69, 9.17) is 0 Å². The fourth-order valence-electron chi connectivity index (χ4n) is 2.26. The third-order valence-electron chi connectivity index (χ3n) is 2.96. The summed E-state index contributed by atoms with van der Waals surface area (Å²) in [6.45, 7) is 2.07. The van der Waals surface area contributed by atoms with Gasteiger partial charge in [-0.05, 0) is 18.6 Å². The number of allylic oxidation sites excluding steroid dienone is 1. The fraction of sp³-hybridized carbons (Fsp3) is 0.231. The van der Waals surface area contributed by atoms with E-state index >= 15 is 0 Å². The second-order valence-corrected chi connectivity index (χ2v) is 4.02. The number of benzene rings is 1. The first kappa shape index (κ1) is 9.33. The third kappa shape index (κ3) is 1.36. The van der Waals surface area contributed by atoms with Crippen LogP contribution in [0.4, 0.5) is 0 Å². The summed E-state index contributed by atoms with van der Waals surface area (Å²) in [4.78, 5) is 11.1. The van der Waals surface area contributed by atoms with Gasteiger partial charge in [0.05, 0.1) is 6.04 Å². The highest BCUT2D eigenvalue weighted by atomic mass is 15.4. The van der Waals surface area contributed by atoms with Gasteiger partial charge >= 0.3 is 0 Å². The van der Waals surface area contributed by atoms with Crippen molar-refractivity contribution < 1.29 is 0 Å². The summed E-state index contributed by atoms with van der Waals surface area (Å²) < 4.78 is 0. The lowest BCUT2D eigenvalue weighted by molar-refractivity contribution is 0.288. The highest BCUT2D eigenvalue weighted by Crippen LogP contribution is 2.32. The molecule has 1 aromatic rings. The molecule has 0 fully saturated rings. The van der Waals surface area contributed by atoms with Crippen LogP contribution in [-0.2, 0) is 0 Å². The summed E-state index contributed by atoms with van der Waals surface area (Å²) in [5, 5.41) is 0. The molecule has 0 radical (unpaired) electrons. The predicted molar refractivity (Wildman–Crippen MR) is 65.6 cm³/mol. The molecule has 3 heteroatoms.